The van der Waals surface area contributed by atoms with Crippen LogP contribution in [0.1, 0.15) is 19.2 Å². The molecule has 0 saturated heterocycles. The maximum Gasteiger partial charge on any atom is 0.143 e. The average molecular weight is 611 g/mol. The van der Waals surface area contributed by atoms with Gasteiger partial charge in [0.2, 0.25) is 0 Å². The van der Waals surface area contributed by atoms with Crippen molar-refractivity contribution >= 4 is 65.0 Å². The van der Waals surface area contributed by atoms with Crippen molar-refractivity contribution in [3.8, 4) is 33.4 Å². The molecule has 0 spiro atoms. The molecule has 10 aromatic rings. The first kappa shape index (κ1) is 15.9. The normalized spacial score (nSPS) is 16.0. The first-order chi connectivity index (χ1) is 29.2. The number of hydrogen-bond donors (Lipinski definition) is 0. The lowest BCUT2D eigenvalue weighted by Gasteiger charge is -2.20. The smallest absolute Gasteiger partial charge is 0.143 e. The van der Waals surface area contributed by atoms with Crippen molar-refractivity contribution in [1.29, 1.82) is 0 Å². The van der Waals surface area contributed by atoms with E-state index >= 15 is 0 Å². The van der Waals surface area contributed by atoms with E-state index in [9.17, 15) is 2.74 Å². The Labute approximate surface area is 291 Å². The fourth-order valence-corrected chi connectivity index (χ4v) is 6.96. The summed E-state index contributed by atoms with van der Waals surface area (Å²) in [6.07, 6.45) is 0. The molecule has 0 atom stereocenters. The zero-order chi connectivity index (χ0) is 43.1. The quantitative estimate of drug-likeness (QED) is 0.181. The molecular weight excluding hydrogens is 569 g/mol. The molecule has 0 saturated carbocycles. The lowest BCUT2D eigenvalue weighted by atomic mass is 9.83. The minimum atomic E-state index is -0.570. The van der Waals surface area contributed by atoms with Crippen LogP contribution in [0.5, 0.6) is 0 Å². The molecule has 0 bridgehead atoms. The molecule has 10 rings (SSSR count). The van der Waals surface area contributed by atoms with Gasteiger partial charge in [-0.25, -0.2) is 0 Å². The highest BCUT2D eigenvalue weighted by Gasteiger charge is 2.22. The van der Waals surface area contributed by atoms with Gasteiger partial charge in [0.25, 0.3) is 0 Å². The van der Waals surface area contributed by atoms with Gasteiger partial charge >= 0.3 is 0 Å². The molecule has 218 valence electrons. The summed E-state index contributed by atoms with van der Waals surface area (Å²) in [4.78, 5) is 0. The Morgan fingerprint density at radius 2 is 0.957 bits per heavy atom. The lowest BCUT2D eigenvalue weighted by molar-refractivity contribution is 0.673. The predicted molar refractivity (Wildman–Crippen MR) is 200 cm³/mol. The predicted octanol–water partition coefficient (Wildman–Crippen LogP) is 13.2. The molecule has 47 heavy (non-hydrogen) atoms. The van der Waals surface area contributed by atoms with Gasteiger partial charge in [0.1, 0.15) is 11.2 Å². The molecule has 0 fully saturated rings. The SMILES string of the molecule is [2H]c1c([2H])c([2H])c(-c2ccc(-c3c4ccccc4c(-c4c([2H])c([2H])c([2H])c5oc6c7c([2H])c([2H])c([2H])c([2H])c7c([2H])c([2H])c6c45)c4ccccc34)c3ccccc23)c([2H])c1[2H]. The van der Waals surface area contributed by atoms with Crippen LogP contribution >= 0.6 is 0 Å². The Balaban J connectivity index is 1.36. The largest absolute Gasteiger partial charge is 0.455 e. The summed E-state index contributed by atoms with van der Waals surface area (Å²) in [5.41, 5.74) is 2.44. The van der Waals surface area contributed by atoms with Crippen LogP contribution in [-0.2, 0) is 0 Å². The van der Waals surface area contributed by atoms with Gasteiger partial charge in [-0.1, -0.05) is 157 Å². The number of benzene rings is 9. The van der Waals surface area contributed by atoms with Gasteiger partial charge in [-0.05, 0) is 83.2 Å². The molecule has 0 unspecified atom stereocenters. The number of furan rings is 1. The maximum atomic E-state index is 9.51. The van der Waals surface area contributed by atoms with E-state index in [0.29, 0.717) is 27.3 Å². The van der Waals surface area contributed by atoms with E-state index in [0.717, 1.165) is 27.3 Å². The third-order valence-electron chi connectivity index (χ3n) is 8.89. The molecule has 9 aromatic carbocycles. The van der Waals surface area contributed by atoms with Gasteiger partial charge in [-0.3, -0.25) is 0 Å². The summed E-state index contributed by atoms with van der Waals surface area (Å²) in [5.74, 6) is 0. The van der Waals surface area contributed by atoms with Crippen molar-refractivity contribution < 1.29 is 23.6 Å². The standard InChI is InChI=1S/C46H28O/c1-2-13-29(14-3-1)31-27-28-39(34-18-7-6-17-33(31)34)43-35-19-8-10-21-37(35)44(38-22-11-9-20-36(38)43)40-23-12-24-42-45(40)41-26-25-30-15-4-5-16-32(30)46(41)47-42/h1-28H/i1D,2D,3D,4D,5D,12D,13D,14D,15D,16D,23D,24D,25D,26D. The van der Waals surface area contributed by atoms with E-state index in [4.69, 9.17) is 20.9 Å². The highest BCUT2D eigenvalue weighted by atomic mass is 16.3. The Kier molecular flexibility index (Phi) is 3.44. The highest BCUT2D eigenvalue weighted by Crippen LogP contribution is 2.49. The van der Waals surface area contributed by atoms with Crippen LogP contribution in [0.15, 0.2) is 174 Å². The summed E-state index contributed by atoms with van der Waals surface area (Å²) in [6, 6.07) is 19.8. The number of hydrogen-bond acceptors (Lipinski definition) is 1. The van der Waals surface area contributed by atoms with E-state index < -0.39 is 66.5 Å². The first-order valence-electron chi connectivity index (χ1n) is 22.1. The molecule has 1 nitrogen and oxygen atoms in total. The maximum absolute atomic E-state index is 9.51. The Morgan fingerprint density at radius 1 is 0.383 bits per heavy atom. The van der Waals surface area contributed by atoms with Crippen molar-refractivity contribution in [2.24, 2.45) is 0 Å². The fraction of sp³-hybridized carbons (Fsp3) is 0. The number of fused-ring (bicyclic) bond motifs is 8. The summed E-state index contributed by atoms with van der Waals surface area (Å²) in [7, 11) is 0. The average Bonchev–Trinajstić information content (AvgIpc) is 3.67. The van der Waals surface area contributed by atoms with E-state index in [1.807, 2.05) is 78.9 Å². The topological polar surface area (TPSA) is 13.1 Å². The number of rotatable bonds is 3. The molecule has 0 aliphatic heterocycles. The highest BCUT2D eigenvalue weighted by molar-refractivity contribution is 6.28. The van der Waals surface area contributed by atoms with Gasteiger partial charge in [0, 0.05) is 16.2 Å². The van der Waals surface area contributed by atoms with Gasteiger partial charge < -0.3 is 4.42 Å². The van der Waals surface area contributed by atoms with Crippen molar-refractivity contribution in [2.75, 3.05) is 0 Å². The first-order valence-corrected chi connectivity index (χ1v) is 15.1. The van der Waals surface area contributed by atoms with Gasteiger partial charge in [0.05, 0.1) is 19.2 Å². The van der Waals surface area contributed by atoms with E-state index in [-0.39, 0.29) is 62.0 Å². The van der Waals surface area contributed by atoms with Gasteiger partial charge in [-0.15, -0.1) is 0 Å². The van der Waals surface area contributed by atoms with Crippen LogP contribution in [0.2, 0.25) is 0 Å². The zero-order valence-electron chi connectivity index (χ0n) is 38.5. The second-order valence-corrected chi connectivity index (χ2v) is 11.3. The lowest BCUT2D eigenvalue weighted by Crippen LogP contribution is -1.92. The van der Waals surface area contributed by atoms with Crippen LogP contribution in [0.3, 0.4) is 0 Å². The van der Waals surface area contributed by atoms with E-state index in [2.05, 4.69) is 0 Å². The molecule has 0 N–H and O–H groups in total. The molecule has 0 amide bonds. The van der Waals surface area contributed by atoms with Gasteiger partial charge in [-0.2, -0.15) is 0 Å². The van der Waals surface area contributed by atoms with Crippen LogP contribution < -0.4 is 0 Å². The summed E-state index contributed by atoms with van der Waals surface area (Å²) < 4.78 is 129. The molecular formula is C46H28O. The van der Waals surface area contributed by atoms with Crippen LogP contribution in [-0.4, -0.2) is 0 Å². The summed E-state index contributed by atoms with van der Waals surface area (Å²) in [5, 5.41) is 3.86. The van der Waals surface area contributed by atoms with Crippen molar-refractivity contribution in [3.63, 3.8) is 0 Å². The van der Waals surface area contributed by atoms with Crippen LogP contribution in [0, 0.1) is 0 Å². The summed E-state index contributed by atoms with van der Waals surface area (Å²) >= 11 is 0. The minimum Gasteiger partial charge on any atom is -0.455 e. The monoisotopic (exact) mass is 610 g/mol. The second kappa shape index (κ2) is 10.2. The summed E-state index contributed by atoms with van der Waals surface area (Å²) in [6.45, 7) is 0. The molecule has 1 aromatic heterocycles. The zero-order valence-corrected chi connectivity index (χ0v) is 24.5. The third kappa shape index (κ3) is 3.84. The Morgan fingerprint density at radius 3 is 1.66 bits per heavy atom. The van der Waals surface area contributed by atoms with E-state index in [1.165, 1.54) is 0 Å². The minimum absolute atomic E-state index is 0.0130. The Hall–Kier alpha value is -6.18. The fourth-order valence-electron chi connectivity index (χ4n) is 6.96. The van der Waals surface area contributed by atoms with Crippen molar-refractivity contribution in [3.05, 3.63) is 170 Å². The molecule has 0 aliphatic rings. The molecule has 1 heterocycles. The van der Waals surface area contributed by atoms with Crippen LogP contribution in [0.4, 0.5) is 0 Å². The van der Waals surface area contributed by atoms with Crippen LogP contribution in [0.25, 0.3) is 98.4 Å². The Bertz CT molecular complexity index is 3560. The molecule has 0 radical (unpaired) electrons. The van der Waals surface area contributed by atoms with E-state index in [1.54, 1.807) is 6.07 Å². The molecule has 1 heteroatoms. The van der Waals surface area contributed by atoms with Gasteiger partial charge in [0.15, 0.2) is 0 Å². The van der Waals surface area contributed by atoms with Crippen molar-refractivity contribution in [2.45, 2.75) is 0 Å². The third-order valence-corrected chi connectivity index (χ3v) is 8.89. The molecule has 0 aliphatic carbocycles. The second-order valence-electron chi connectivity index (χ2n) is 11.3. The van der Waals surface area contributed by atoms with Crippen molar-refractivity contribution in [1.82, 2.24) is 0 Å².